The molecule has 5 aromatic rings. The average molecular weight is 546 g/mol. The Bertz CT molecular complexity index is 1700. The van der Waals surface area contributed by atoms with E-state index in [1.54, 1.807) is 11.8 Å². The number of aryl methyl sites for hydroxylation is 1. The third-order valence-electron chi connectivity index (χ3n) is 7.73. The summed E-state index contributed by atoms with van der Waals surface area (Å²) in [7, 11) is 1.70. The summed E-state index contributed by atoms with van der Waals surface area (Å²) in [6.07, 6.45) is 2.33. The van der Waals surface area contributed by atoms with Crippen molar-refractivity contribution < 1.29 is 14.3 Å². The molecule has 208 valence electrons. The van der Waals surface area contributed by atoms with Gasteiger partial charge in [0, 0.05) is 18.5 Å². The molecule has 0 amide bonds. The Morgan fingerprint density at radius 3 is 2.59 bits per heavy atom. The number of ketones is 1. The summed E-state index contributed by atoms with van der Waals surface area (Å²) < 4.78 is 14.2. The molecule has 0 aliphatic heterocycles. The van der Waals surface area contributed by atoms with Crippen molar-refractivity contribution in [2.24, 2.45) is 11.7 Å². The molecule has 1 fully saturated rings. The van der Waals surface area contributed by atoms with Gasteiger partial charge in [0.1, 0.15) is 17.5 Å². The van der Waals surface area contributed by atoms with Crippen LogP contribution in [-0.4, -0.2) is 29.3 Å². The summed E-state index contributed by atoms with van der Waals surface area (Å²) in [6.45, 7) is 3.02. The predicted octanol–water partition coefficient (Wildman–Crippen LogP) is 6.74. The largest absolute Gasteiger partial charge is 0.496 e. The van der Waals surface area contributed by atoms with E-state index in [9.17, 15) is 4.79 Å². The van der Waals surface area contributed by atoms with Crippen LogP contribution in [0.5, 0.6) is 5.75 Å². The first-order valence-electron chi connectivity index (χ1n) is 14.2. The number of nitrogens with zero attached hydrogens (tertiary/aromatic N) is 2. The smallest absolute Gasteiger partial charge is 0.185 e. The number of hydrogen-bond donors (Lipinski definition) is 1. The zero-order chi connectivity index (χ0) is 28.3. The Labute approximate surface area is 240 Å². The van der Waals surface area contributed by atoms with Crippen LogP contribution >= 0.6 is 0 Å². The summed E-state index contributed by atoms with van der Waals surface area (Å²) in [5.74, 6) is 1.40. The fraction of sp³-hybridized carbons (Fsp3) is 0.257. The van der Waals surface area contributed by atoms with Crippen LogP contribution in [0, 0.1) is 12.8 Å². The number of nitrogens with two attached hydrogens (primary N) is 1. The number of rotatable bonds is 11. The van der Waals surface area contributed by atoms with Gasteiger partial charge < -0.3 is 15.2 Å². The minimum absolute atomic E-state index is 0.000841. The summed E-state index contributed by atoms with van der Waals surface area (Å²) in [5, 5.41) is 6.86. The van der Waals surface area contributed by atoms with E-state index in [1.807, 2.05) is 67.6 Å². The minimum Gasteiger partial charge on any atom is -0.496 e. The zero-order valence-electron chi connectivity index (χ0n) is 23.5. The molecule has 0 spiro atoms. The van der Waals surface area contributed by atoms with E-state index >= 15 is 0 Å². The van der Waals surface area contributed by atoms with E-state index in [-0.39, 0.29) is 18.3 Å². The molecule has 0 bridgehead atoms. The number of methoxy groups -OCH3 is 1. The molecule has 2 N–H and O–H groups in total. The van der Waals surface area contributed by atoms with Gasteiger partial charge in [0.2, 0.25) is 0 Å². The number of carbonyl (C=O) groups is 1. The number of Topliss-reactive ketones (excluding diaryl/α,β-unsaturated/α-hetero) is 1. The number of benzene rings is 4. The van der Waals surface area contributed by atoms with Crippen LogP contribution in [0.1, 0.15) is 57.4 Å². The predicted molar refractivity (Wildman–Crippen MR) is 162 cm³/mol. The van der Waals surface area contributed by atoms with Crippen molar-refractivity contribution in [2.45, 2.75) is 38.8 Å². The second-order valence-corrected chi connectivity index (χ2v) is 10.9. The molecule has 6 rings (SSSR count). The monoisotopic (exact) mass is 545 g/mol. The van der Waals surface area contributed by atoms with Crippen LogP contribution in [-0.2, 0) is 17.7 Å². The fourth-order valence-electron chi connectivity index (χ4n) is 5.44. The molecule has 1 atom stereocenters. The summed E-state index contributed by atoms with van der Waals surface area (Å²) in [6, 6.07) is 30.3. The number of carbonyl (C=O) groups excluding carboxylic acids is 1. The third-order valence-corrected chi connectivity index (χ3v) is 7.73. The molecule has 6 heteroatoms. The van der Waals surface area contributed by atoms with E-state index in [4.69, 9.17) is 15.2 Å². The minimum atomic E-state index is -0.321. The first-order valence-corrected chi connectivity index (χ1v) is 14.2. The number of hydrogen-bond acceptors (Lipinski definition) is 5. The molecule has 0 radical (unpaired) electrons. The highest BCUT2D eigenvalue weighted by atomic mass is 16.5. The fourth-order valence-corrected chi connectivity index (χ4v) is 5.44. The average Bonchev–Trinajstić information content (AvgIpc) is 3.75. The quantitative estimate of drug-likeness (QED) is 0.186. The van der Waals surface area contributed by atoms with Gasteiger partial charge >= 0.3 is 0 Å². The maximum absolute atomic E-state index is 13.7. The highest BCUT2D eigenvalue weighted by Crippen LogP contribution is 2.40. The summed E-state index contributed by atoms with van der Waals surface area (Å²) in [4.78, 5) is 13.7. The lowest BCUT2D eigenvalue weighted by atomic mass is 9.93. The van der Waals surface area contributed by atoms with Gasteiger partial charge in [-0.3, -0.25) is 4.79 Å². The molecule has 1 aromatic heterocycles. The molecular weight excluding hydrogens is 510 g/mol. The van der Waals surface area contributed by atoms with Crippen LogP contribution < -0.4 is 10.5 Å². The Kier molecular flexibility index (Phi) is 7.68. The van der Waals surface area contributed by atoms with E-state index in [2.05, 4.69) is 35.4 Å². The molecule has 1 aliphatic carbocycles. The Morgan fingerprint density at radius 2 is 1.78 bits per heavy atom. The lowest BCUT2D eigenvalue weighted by Gasteiger charge is -2.23. The van der Waals surface area contributed by atoms with Gasteiger partial charge in [-0.15, -0.1) is 0 Å². The van der Waals surface area contributed by atoms with Crippen molar-refractivity contribution in [3.8, 4) is 11.4 Å². The van der Waals surface area contributed by atoms with Crippen molar-refractivity contribution in [3.63, 3.8) is 0 Å². The number of ether oxygens (including phenoxy) is 2. The highest BCUT2D eigenvalue weighted by Gasteiger charge is 2.27. The molecule has 1 saturated carbocycles. The molecule has 1 unspecified atom stereocenters. The molecule has 4 aromatic carbocycles. The maximum atomic E-state index is 13.7. The normalized spacial score (nSPS) is 13.8. The second kappa shape index (κ2) is 11.7. The van der Waals surface area contributed by atoms with Gasteiger partial charge in [-0.25, -0.2) is 4.68 Å². The van der Waals surface area contributed by atoms with Crippen molar-refractivity contribution in [1.82, 2.24) is 9.78 Å². The first kappa shape index (κ1) is 26.9. The SMILES string of the molecule is COc1ccc2ccccc2c1C(OCC1CC1)c1cccc(CC(=O)c2cc(C)nn2-c2cccc(CN)c2)c1. The van der Waals surface area contributed by atoms with Gasteiger partial charge in [-0.1, -0.05) is 66.7 Å². The van der Waals surface area contributed by atoms with E-state index in [0.717, 1.165) is 50.2 Å². The molecule has 1 heterocycles. The van der Waals surface area contributed by atoms with Crippen LogP contribution in [0.3, 0.4) is 0 Å². The molecule has 0 saturated heterocycles. The van der Waals surface area contributed by atoms with Crippen molar-refractivity contribution in [2.75, 3.05) is 13.7 Å². The molecule has 1 aliphatic rings. The first-order chi connectivity index (χ1) is 20.0. The maximum Gasteiger partial charge on any atom is 0.185 e. The van der Waals surface area contributed by atoms with Crippen molar-refractivity contribution in [3.05, 3.63) is 125 Å². The molecule has 41 heavy (non-hydrogen) atoms. The zero-order valence-corrected chi connectivity index (χ0v) is 23.5. The molecule has 6 nitrogen and oxygen atoms in total. The van der Waals surface area contributed by atoms with Crippen molar-refractivity contribution >= 4 is 16.6 Å². The van der Waals surface area contributed by atoms with Crippen LogP contribution in [0.2, 0.25) is 0 Å². The lowest BCUT2D eigenvalue weighted by Crippen LogP contribution is -2.13. The topological polar surface area (TPSA) is 79.4 Å². The summed E-state index contributed by atoms with van der Waals surface area (Å²) in [5.41, 5.74) is 12.0. The Hall–Kier alpha value is -4.26. The lowest BCUT2D eigenvalue weighted by molar-refractivity contribution is 0.0710. The van der Waals surface area contributed by atoms with E-state index in [0.29, 0.717) is 24.8 Å². The van der Waals surface area contributed by atoms with E-state index in [1.165, 1.54) is 12.8 Å². The van der Waals surface area contributed by atoms with Gasteiger partial charge in [0.05, 0.1) is 25.1 Å². The summed E-state index contributed by atoms with van der Waals surface area (Å²) >= 11 is 0. The Balaban J connectivity index is 1.34. The number of aromatic nitrogens is 2. The highest BCUT2D eigenvalue weighted by molar-refractivity contribution is 5.96. The van der Waals surface area contributed by atoms with Gasteiger partial charge in [-0.05, 0) is 77.4 Å². The van der Waals surface area contributed by atoms with Crippen molar-refractivity contribution in [1.29, 1.82) is 0 Å². The Morgan fingerprint density at radius 1 is 0.976 bits per heavy atom. The third kappa shape index (κ3) is 5.80. The standard InChI is InChI=1S/C35H35N3O3/c1-23-17-31(38(37-23)29-11-6-8-26(19-29)21-36)32(39)20-25-7-5-10-28(18-25)35(41-22-24-13-14-24)34-30-12-4-3-9-27(30)15-16-33(34)40-2/h3-12,15-19,24,35H,13-14,20-22,36H2,1-2H3. The number of fused-ring (bicyclic) bond motifs is 1. The van der Waals surface area contributed by atoms with Crippen LogP contribution in [0.4, 0.5) is 0 Å². The van der Waals surface area contributed by atoms with Gasteiger partial charge in [0.25, 0.3) is 0 Å². The molecular formula is C35H35N3O3. The van der Waals surface area contributed by atoms with Gasteiger partial charge in [-0.2, -0.15) is 5.10 Å². The van der Waals surface area contributed by atoms with Crippen LogP contribution in [0.25, 0.3) is 16.5 Å². The van der Waals surface area contributed by atoms with Crippen LogP contribution in [0.15, 0.2) is 91.0 Å². The second-order valence-electron chi connectivity index (χ2n) is 10.9. The van der Waals surface area contributed by atoms with Gasteiger partial charge in [0.15, 0.2) is 5.78 Å². The van der Waals surface area contributed by atoms with E-state index < -0.39 is 0 Å².